The monoisotopic (exact) mass is 338 g/mol. The number of thiocarbonyl (C=S) groups is 1. The molecule has 0 heterocycles. The van der Waals surface area contributed by atoms with Gasteiger partial charge in [0.25, 0.3) is 0 Å². The topological polar surface area (TPSA) is 38.0 Å². The minimum Gasteiger partial charge on any atom is -0.389 e. The number of nitrogens with one attached hydrogen (secondary N) is 1. The van der Waals surface area contributed by atoms with E-state index in [1.165, 1.54) is 6.07 Å². The molecule has 2 nitrogen and oxygen atoms in total. The second kappa shape index (κ2) is 5.67. The van der Waals surface area contributed by atoms with Gasteiger partial charge in [-0.1, -0.05) is 28.1 Å². The van der Waals surface area contributed by atoms with Crippen molar-refractivity contribution in [3.63, 3.8) is 0 Å². The Morgan fingerprint density at radius 3 is 2.47 bits per heavy atom. The first-order chi connectivity index (χ1) is 8.97. The van der Waals surface area contributed by atoms with Gasteiger partial charge in [0.15, 0.2) is 0 Å². The van der Waals surface area contributed by atoms with Gasteiger partial charge in [-0.25, -0.2) is 4.39 Å². The van der Waals surface area contributed by atoms with Gasteiger partial charge < -0.3 is 11.1 Å². The Balaban J connectivity index is 2.31. The van der Waals surface area contributed by atoms with Crippen LogP contribution in [0.5, 0.6) is 0 Å². The second-order valence-electron chi connectivity index (χ2n) is 4.14. The van der Waals surface area contributed by atoms with Crippen LogP contribution in [0, 0.1) is 12.7 Å². The Morgan fingerprint density at radius 2 is 1.89 bits per heavy atom. The van der Waals surface area contributed by atoms with Crippen LogP contribution in [0.15, 0.2) is 40.9 Å². The van der Waals surface area contributed by atoms with Crippen molar-refractivity contribution >= 4 is 44.5 Å². The van der Waals surface area contributed by atoms with Crippen molar-refractivity contribution in [2.45, 2.75) is 6.92 Å². The summed E-state index contributed by atoms with van der Waals surface area (Å²) in [5.74, 6) is -0.382. The zero-order valence-corrected chi connectivity index (χ0v) is 12.6. The average molecular weight is 339 g/mol. The predicted octanol–water partition coefficient (Wildman–Crippen LogP) is 4.27. The number of halogens is 2. The first kappa shape index (κ1) is 14.0. The molecule has 0 radical (unpaired) electrons. The zero-order chi connectivity index (χ0) is 14.0. The van der Waals surface area contributed by atoms with Gasteiger partial charge in [-0.15, -0.1) is 0 Å². The van der Waals surface area contributed by atoms with Crippen LogP contribution in [0.25, 0.3) is 0 Å². The third-order valence-electron chi connectivity index (χ3n) is 2.71. The maximum absolute atomic E-state index is 13.9. The molecule has 0 unspecified atom stereocenters. The Kier molecular flexibility index (Phi) is 4.17. The highest BCUT2D eigenvalue weighted by Gasteiger charge is 2.07. The van der Waals surface area contributed by atoms with E-state index < -0.39 is 0 Å². The molecule has 0 aliphatic heterocycles. The molecule has 2 rings (SSSR count). The molecule has 0 aliphatic rings. The van der Waals surface area contributed by atoms with Gasteiger partial charge in [0.2, 0.25) is 0 Å². The zero-order valence-electron chi connectivity index (χ0n) is 10.2. The maximum atomic E-state index is 13.9. The van der Waals surface area contributed by atoms with Crippen molar-refractivity contribution in [2.75, 3.05) is 5.32 Å². The maximum Gasteiger partial charge on any atom is 0.147 e. The molecule has 3 N–H and O–H groups in total. The van der Waals surface area contributed by atoms with E-state index in [1.54, 1.807) is 12.1 Å². The molecular weight excluding hydrogens is 327 g/mol. The first-order valence-corrected chi connectivity index (χ1v) is 6.80. The summed E-state index contributed by atoms with van der Waals surface area (Å²) in [6.07, 6.45) is 0. The lowest BCUT2D eigenvalue weighted by atomic mass is 10.1. The lowest BCUT2D eigenvalue weighted by Crippen LogP contribution is -2.10. The van der Waals surface area contributed by atoms with Crippen molar-refractivity contribution in [1.82, 2.24) is 0 Å². The number of rotatable bonds is 3. The van der Waals surface area contributed by atoms with Crippen molar-refractivity contribution < 1.29 is 4.39 Å². The molecule has 0 bridgehead atoms. The summed E-state index contributed by atoms with van der Waals surface area (Å²) in [5.41, 5.74) is 8.25. The highest BCUT2D eigenvalue weighted by Crippen LogP contribution is 2.25. The first-order valence-electron chi connectivity index (χ1n) is 5.60. The van der Waals surface area contributed by atoms with Crippen LogP contribution in [0.1, 0.15) is 11.1 Å². The third kappa shape index (κ3) is 3.30. The van der Waals surface area contributed by atoms with Gasteiger partial charge in [0.1, 0.15) is 10.8 Å². The van der Waals surface area contributed by atoms with E-state index in [2.05, 4.69) is 21.2 Å². The Labute approximate surface area is 124 Å². The van der Waals surface area contributed by atoms with Gasteiger partial charge >= 0.3 is 0 Å². The van der Waals surface area contributed by atoms with Gasteiger partial charge in [-0.3, -0.25) is 0 Å². The summed E-state index contributed by atoms with van der Waals surface area (Å²) >= 11 is 8.21. The minimum absolute atomic E-state index is 0.185. The minimum atomic E-state index is -0.382. The smallest absolute Gasteiger partial charge is 0.147 e. The normalized spacial score (nSPS) is 10.3. The number of hydrogen-bond donors (Lipinski definition) is 2. The van der Waals surface area contributed by atoms with Gasteiger partial charge in [0, 0.05) is 15.7 Å². The van der Waals surface area contributed by atoms with E-state index in [1.807, 2.05) is 25.1 Å². The largest absolute Gasteiger partial charge is 0.389 e. The fraction of sp³-hybridized carbons (Fsp3) is 0.0714. The van der Waals surface area contributed by atoms with Gasteiger partial charge in [-0.2, -0.15) is 0 Å². The van der Waals surface area contributed by atoms with Crippen LogP contribution in [0.3, 0.4) is 0 Å². The molecule has 98 valence electrons. The fourth-order valence-electron chi connectivity index (χ4n) is 1.68. The quantitative estimate of drug-likeness (QED) is 0.820. The number of aryl methyl sites for hydroxylation is 1. The molecule has 19 heavy (non-hydrogen) atoms. The molecule has 0 amide bonds. The number of benzene rings is 2. The fourth-order valence-corrected chi connectivity index (χ4v) is 2.28. The average Bonchev–Trinajstić information content (AvgIpc) is 2.34. The summed E-state index contributed by atoms with van der Waals surface area (Å²) in [6, 6.07) is 10.4. The van der Waals surface area contributed by atoms with Crippen LogP contribution < -0.4 is 11.1 Å². The summed E-state index contributed by atoms with van der Waals surface area (Å²) < 4.78 is 14.9. The number of nitrogens with two attached hydrogens (primary N) is 1. The van der Waals surface area contributed by atoms with Crippen molar-refractivity contribution in [1.29, 1.82) is 0 Å². The van der Waals surface area contributed by atoms with Crippen molar-refractivity contribution in [2.24, 2.45) is 5.73 Å². The van der Waals surface area contributed by atoms with Crippen LogP contribution in [0.4, 0.5) is 15.8 Å². The summed E-state index contributed by atoms with van der Waals surface area (Å²) in [4.78, 5) is 0.185. The summed E-state index contributed by atoms with van der Waals surface area (Å²) in [5, 5.41) is 3.05. The van der Waals surface area contributed by atoms with Crippen LogP contribution in [0.2, 0.25) is 0 Å². The van der Waals surface area contributed by atoms with Crippen LogP contribution in [-0.2, 0) is 0 Å². The SMILES string of the molecule is Cc1cc(Br)ccc1Nc1ccc(C(N)=S)cc1F. The van der Waals surface area contributed by atoms with E-state index in [0.717, 1.165) is 15.7 Å². The Hall–Kier alpha value is -1.46. The summed E-state index contributed by atoms with van der Waals surface area (Å²) in [7, 11) is 0. The second-order valence-corrected chi connectivity index (χ2v) is 5.50. The molecule has 0 fully saturated rings. The van der Waals surface area contributed by atoms with E-state index in [-0.39, 0.29) is 10.8 Å². The van der Waals surface area contributed by atoms with Gasteiger partial charge in [0.05, 0.1) is 5.69 Å². The molecule has 0 aliphatic carbocycles. The standard InChI is InChI=1S/C14H12BrFN2S/c1-8-6-10(15)3-5-12(8)18-13-4-2-9(14(17)19)7-11(13)16/h2-7,18H,1H3,(H2,17,19). The molecule has 0 aromatic heterocycles. The third-order valence-corrected chi connectivity index (χ3v) is 3.44. The molecule has 0 saturated heterocycles. The molecular formula is C14H12BrFN2S. The van der Waals surface area contributed by atoms with Gasteiger partial charge in [-0.05, 0) is 48.9 Å². The highest BCUT2D eigenvalue weighted by atomic mass is 79.9. The van der Waals surface area contributed by atoms with E-state index >= 15 is 0 Å². The number of anilines is 2. The molecule has 0 saturated carbocycles. The molecule has 0 spiro atoms. The lowest BCUT2D eigenvalue weighted by molar-refractivity contribution is 0.631. The molecule has 0 atom stereocenters. The van der Waals surface area contributed by atoms with Crippen molar-refractivity contribution in [3.05, 3.63) is 57.8 Å². The lowest BCUT2D eigenvalue weighted by Gasteiger charge is -2.11. The van der Waals surface area contributed by atoms with E-state index in [4.69, 9.17) is 18.0 Å². The van der Waals surface area contributed by atoms with E-state index in [9.17, 15) is 4.39 Å². The van der Waals surface area contributed by atoms with Crippen LogP contribution >= 0.6 is 28.1 Å². The highest BCUT2D eigenvalue weighted by molar-refractivity contribution is 9.10. The molecule has 2 aromatic carbocycles. The predicted molar refractivity (Wildman–Crippen MR) is 84.4 cm³/mol. The Bertz CT molecular complexity index is 643. The number of hydrogen-bond acceptors (Lipinski definition) is 2. The molecule has 2 aromatic rings. The Morgan fingerprint density at radius 1 is 1.21 bits per heavy atom. The molecule has 5 heteroatoms. The van der Waals surface area contributed by atoms with Crippen molar-refractivity contribution in [3.8, 4) is 0 Å². The van der Waals surface area contributed by atoms with E-state index in [0.29, 0.717) is 11.3 Å². The summed E-state index contributed by atoms with van der Waals surface area (Å²) in [6.45, 7) is 1.95. The van der Waals surface area contributed by atoms with Crippen LogP contribution in [-0.4, -0.2) is 4.99 Å².